The largest absolute Gasteiger partial charge is 0.349 e. The lowest BCUT2D eigenvalue weighted by Gasteiger charge is -2.37. The van der Waals surface area contributed by atoms with Crippen LogP contribution in [-0.4, -0.2) is 66.6 Å². The molecule has 0 bridgehead atoms. The molecule has 35 heavy (non-hydrogen) atoms. The normalized spacial score (nSPS) is 18.5. The van der Waals surface area contributed by atoms with Crippen LogP contribution < -0.4 is 5.32 Å². The second-order valence-electron chi connectivity index (χ2n) is 9.72. The summed E-state index contributed by atoms with van der Waals surface area (Å²) in [7, 11) is -3.56. The van der Waals surface area contributed by atoms with Gasteiger partial charge in [-0.2, -0.15) is 4.31 Å². The van der Waals surface area contributed by atoms with Gasteiger partial charge in [-0.3, -0.25) is 14.6 Å². The van der Waals surface area contributed by atoms with E-state index in [1.165, 1.54) is 4.31 Å². The number of piperidine rings is 2. The lowest BCUT2D eigenvalue weighted by atomic mass is 9.95. The van der Waals surface area contributed by atoms with Crippen LogP contribution in [0.25, 0.3) is 0 Å². The highest BCUT2D eigenvalue weighted by Crippen LogP contribution is 2.27. The number of hydrogen-bond acceptors (Lipinski definition) is 5. The summed E-state index contributed by atoms with van der Waals surface area (Å²) in [6.45, 7) is 6.04. The Hall–Kier alpha value is -2.78. The molecule has 0 spiro atoms. The van der Waals surface area contributed by atoms with Gasteiger partial charge in [-0.05, 0) is 61.4 Å². The number of sulfonamides is 1. The first-order valence-corrected chi connectivity index (χ1v) is 13.8. The van der Waals surface area contributed by atoms with E-state index in [-0.39, 0.29) is 23.8 Å². The molecular weight excluding hydrogens is 464 g/mol. The summed E-state index contributed by atoms with van der Waals surface area (Å²) in [5.41, 5.74) is 1.64. The molecule has 0 atom stereocenters. The van der Waals surface area contributed by atoms with Gasteiger partial charge in [-0.1, -0.05) is 26.0 Å². The monoisotopic (exact) mass is 498 g/mol. The van der Waals surface area contributed by atoms with Gasteiger partial charge in [0.2, 0.25) is 15.9 Å². The van der Waals surface area contributed by atoms with E-state index in [1.54, 1.807) is 36.7 Å². The van der Waals surface area contributed by atoms with Crippen LogP contribution in [0.5, 0.6) is 0 Å². The highest BCUT2D eigenvalue weighted by Gasteiger charge is 2.35. The smallest absolute Gasteiger partial charge is 0.253 e. The molecule has 4 rings (SSSR count). The van der Waals surface area contributed by atoms with Crippen LogP contribution >= 0.6 is 0 Å². The molecule has 2 saturated heterocycles. The van der Waals surface area contributed by atoms with Crippen molar-refractivity contribution in [2.45, 2.75) is 56.4 Å². The molecule has 2 amide bonds. The number of benzene rings is 1. The summed E-state index contributed by atoms with van der Waals surface area (Å²) >= 11 is 0. The number of rotatable bonds is 6. The van der Waals surface area contributed by atoms with Crippen LogP contribution in [0.2, 0.25) is 0 Å². The van der Waals surface area contributed by atoms with Crippen molar-refractivity contribution in [3.8, 4) is 0 Å². The van der Waals surface area contributed by atoms with Gasteiger partial charge in [0.05, 0.1) is 10.5 Å². The predicted octanol–water partition coefficient (Wildman–Crippen LogP) is 3.03. The Morgan fingerprint density at radius 1 is 0.971 bits per heavy atom. The summed E-state index contributed by atoms with van der Waals surface area (Å²) < 4.78 is 27.6. The molecule has 2 aliphatic heterocycles. The molecule has 0 saturated carbocycles. The number of pyridine rings is 1. The Balaban J connectivity index is 1.26. The molecule has 2 aromatic rings. The van der Waals surface area contributed by atoms with Crippen molar-refractivity contribution in [3.05, 3.63) is 59.9 Å². The van der Waals surface area contributed by atoms with Crippen LogP contribution in [0, 0.1) is 5.92 Å². The Morgan fingerprint density at radius 2 is 1.63 bits per heavy atom. The van der Waals surface area contributed by atoms with Gasteiger partial charge >= 0.3 is 0 Å². The predicted molar refractivity (Wildman–Crippen MR) is 133 cm³/mol. The van der Waals surface area contributed by atoms with E-state index < -0.39 is 10.0 Å². The average molecular weight is 499 g/mol. The molecule has 1 aromatic carbocycles. The van der Waals surface area contributed by atoms with Gasteiger partial charge in [-0.15, -0.1) is 0 Å². The SMILES string of the molecule is CC(C)c1ccc(S(=O)(=O)N2CCC(C(=O)N3CCC(NC(=O)c4cccnc4)CC3)CC2)cc1. The first kappa shape index (κ1) is 25.3. The third-order valence-electron chi connectivity index (χ3n) is 7.05. The summed E-state index contributed by atoms with van der Waals surface area (Å²) in [5.74, 6) is 0.137. The van der Waals surface area contributed by atoms with Crippen molar-refractivity contribution < 1.29 is 18.0 Å². The number of carbonyl (C=O) groups excluding carboxylic acids is 2. The average Bonchev–Trinajstić information content (AvgIpc) is 2.89. The minimum absolute atomic E-state index is 0.0285. The maximum Gasteiger partial charge on any atom is 0.253 e. The number of carbonyl (C=O) groups is 2. The van der Waals surface area contributed by atoms with Crippen molar-refractivity contribution in [3.63, 3.8) is 0 Å². The Morgan fingerprint density at radius 3 is 2.20 bits per heavy atom. The fourth-order valence-corrected chi connectivity index (χ4v) is 6.25. The number of hydrogen-bond donors (Lipinski definition) is 1. The zero-order valence-corrected chi connectivity index (χ0v) is 21.2. The fraction of sp³-hybridized carbons (Fsp3) is 0.500. The van der Waals surface area contributed by atoms with Crippen LogP contribution in [0.3, 0.4) is 0 Å². The lowest BCUT2D eigenvalue weighted by Crippen LogP contribution is -2.49. The van der Waals surface area contributed by atoms with Crippen molar-refractivity contribution in [2.75, 3.05) is 26.2 Å². The van der Waals surface area contributed by atoms with E-state index in [4.69, 9.17) is 0 Å². The third kappa shape index (κ3) is 5.90. The van der Waals surface area contributed by atoms with Crippen molar-refractivity contribution >= 4 is 21.8 Å². The van der Waals surface area contributed by atoms with Gasteiger partial charge in [0.25, 0.3) is 5.91 Å². The molecule has 9 heteroatoms. The molecule has 0 radical (unpaired) electrons. The topological polar surface area (TPSA) is 99.7 Å². The van der Waals surface area contributed by atoms with E-state index in [0.717, 1.165) is 5.56 Å². The van der Waals surface area contributed by atoms with Crippen LogP contribution in [0.4, 0.5) is 0 Å². The Labute approximate surface area is 207 Å². The molecule has 3 heterocycles. The molecule has 1 N–H and O–H groups in total. The minimum atomic E-state index is -3.56. The van der Waals surface area contributed by atoms with Gasteiger partial charge < -0.3 is 10.2 Å². The maximum atomic E-state index is 13.1. The van der Waals surface area contributed by atoms with Crippen molar-refractivity contribution in [1.29, 1.82) is 0 Å². The molecule has 2 aliphatic rings. The Kier molecular flexibility index (Phi) is 7.86. The molecule has 0 aliphatic carbocycles. The first-order valence-electron chi connectivity index (χ1n) is 12.4. The zero-order valence-electron chi connectivity index (χ0n) is 20.4. The molecular formula is C26H34N4O4S. The van der Waals surface area contributed by atoms with Crippen LogP contribution in [-0.2, 0) is 14.8 Å². The van der Waals surface area contributed by atoms with Gasteiger partial charge in [0, 0.05) is 50.5 Å². The number of nitrogens with one attached hydrogen (secondary N) is 1. The minimum Gasteiger partial charge on any atom is -0.349 e. The zero-order chi connectivity index (χ0) is 25.0. The van der Waals surface area contributed by atoms with E-state index >= 15 is 0 Å². The maximum absolute atomic E-state index is 13.1. The van der Waals surface area contributed by atoms with Gasteiger partial charge in [0.1, 0.15) is 0 Å². The second kappa shape index (κ2) is 10.9. The van der Waals surface area contributed by atoms with E-state index in [2.05, 4.69) is 24.1 Å². The van der Waals surface area contributed by atoms with Crippen LogP contribution in [0.15, 0.2) is 53.7 Å². The van der Waals surface area contributed by atoms with Gasteiger partial charge in [0.15, 0.2) is 0 Å². The number of amides is 2. The first-order chi connectivity index (χ1) is 16.8. The number of aromatic nitrogens is 1. The lowest BCUT2D eigenvalue weighted by molar-refractivity contribution is -0.137. The summed E-state index contributed by atoms with van der Waals surface area (Å²) in [4.78, 5) is 31.6. The highest BCUT2D eigenvalue weighted by molar-refractivity contribution is 7.89. The second-order valence-corrected chi connectivity index (χ2v) is 11.7. The molecule has 2 fully saturated rings. The van der Waals surface area contributed by atoms with Crippen molar-refractivity contribution in [2.24, 2.45) is 5.92 Å². The molecule has 1 aromatic heterocycles. The number of nitrogens with zero attached hydrogens (tertiary/aromatic N) is 3. The molecule has 8 nitrogen and oxygen atoms in total. The summed E-state index contributed by atoms with van der Waals surface area (Å²) in [5, 5.41) is 3.03. The summed E-state index contributed by atoms with van der Waals surface area (Å²) in [6, 6.07) is 10.6. The molecule has 188 valence electrons. The van der Waals surface area contributed by atoms with Crippen molar-refractivity contribution in [1.82, 2.24) is 19.5 Å². The summed E-state index contributed by atoms with van der Waals surface area (Å²) in [6.07, 6.45) is 5.64. The third-order valence-corrected chi connectivity index (χ3v) is 8.97. The van der Waals surface area contributed by atoms with Crippen LogP contribution in [0.1, 0.15) is 61.4 Å². The van der Waals surface area contributed by atoms with E-state index in [0.29, 0.717) is 68.2 Å². The van der Waals surface area contributed by atoms with E-state index in [1.807, 2.05) is 17.0 Å². The quantitative estimate of drug-likeness (QED) is 0.660. The Bertz CT molecular complexity index is 1120. The van der Waals surface area contributed by atoms with E-state index in [9.17, 15) is 18.0 Å². The van der Waals surface area contributed by atoms with Gasteiger partial charge in [-0.25, -0.2) is 8.42 Å². The standard InChI is InChI=1S/C26H34N4O4S/c1-19(2)20-5-7-24(8-6-20)35(33,34)30-16-9-21(10-17-30)26(32)29-14-11-23(12-15-29)28-25(31)22-4-3-13-27-18-22/h3-8,13,18-19,21,23H,9-12,14-17H2,1-2H3,(H,28,31). The number of likely N-dealkylation sites (tertiary alicyclic amines) is 1. The fourth-order valence-electron chi connectivity index (χ4n) is 4.79. The highest BCUT2D eigenvalue weighted by atomic mass is 32.2. The molecule has 0 unspecified atom stereocenters.